The molecule has 0 aromatic heterocycles. The second kappa shape index (κ2) is 10.7. The summed E-state index contributed by atoms with van der Waals surface area (Å²) in [5.74, 6) is 9.08. The molecule has 13 heavy (non-hydrogen) atoms. The van der Waals surface area contributed by atoms with Gasteiger partial charge in [-0.15, -0.1) is 0 Å². The van der Waals surface area contributed by atoms with E-state index in [4.69, 9.17) is 0 Å². The van der Waals surface area contributed by atoms with Gasteiger partial charge in [-0.05, 0) is 0 Å². The van der Waals surface area contributed by atoms with E-state index in [1.54, 1.807) is 12.1 Å². The molecule has 0 spiro atoms. The number of hydrogen-bond donors (Lipinski definition) is 4. The Bertz CT molecular complexity index is 203. The summed E-state index contributed by atoms with van der Waals surface area (Å²) in [6.07, 6.45) is 0.833. The highest BCUT2D eigenvalue weighted by molar-refractivity contribution is 5.74. The third kappa shape index (κ3) is 8.60. The van der Waals surface area contributed by atoms with Gasteiger partial charge in [-0.25, -0.2) is 0 Å². The van der Waals surface area contributed by atoms with E-state index in [9.17, 15) is 4.79 Å². The molecule has 0 heterocycles. The van der Waals surface area contributed by atoms with Crippen LogP contribution in [0.15, 0.2) is 30.3 Å². The molecule has 0 atom stereocenters. The Morgan fingerprint density at radius 2 is 1.54 bits per heavy atom. The first kappa shape index (κ1) is 14.2. The summed E-state index contributed by atoms with van der Waals surface area (Å²) in [6.45, 7) is 0. The normalized spacial score (nSPS) is 7.54. The molecule has 0 bridgehead atoms. The Morgan fingerprint density at radius 1 is 1.08 bits per heavy atom. The highest BCUT2D eigenvalue weighted by Gasteiger charge is 1.79. The molecule has 0 saturated carbocycles. The lowest BCUT2D eigenvalue weighted by atomic mass is 10.2. The van der Waals surface area contributed by atoms with Crippen LogP contribution in [0.4, 0.5) is 0 Å². The monoisotopic (exact) mass is 186 g/mol. The van der Waals surface area contributed by atoms with Crippen LogP contribution in [0.5, 0.6) is 0 Å². The first-order valence-electron chi connectivity index (χ1n) is 3.26. The quantitative estimate of drug-likeness (QED) is 0.254. The molecule has 8 N–H and O–H groups in total. The second-order valence-electron chi connectivity index (χ2n) is 1.82. The maximum atomic E-state index is 10.0. The summed E-state index contributed by atoms with van der Waals surface area (Å²) in [4.78, 5) is 10.0. The van der Waals surface area contributed by atoms with Crippen molar-refractivity contribution < 1.29 is 10.3 Å². The van der Waals surface area contributed by atoms with Gasteiger partial charge in [0.1, 0.15) is 6.29 Å². The van der Waals surface area contributed by atoms with Crippen LogP contribution in [0.1, 0.15) is 10.4 Å². The number of hydrogen-bond acceptors (Lipinski definition) is 5. The Morgan fingerprint density at radius 3 is 1.77 bits per heavy atom. The van der Waals surface area contributed by atoms with Crippen molar-refractivity contribution in [1.82, 2.24) is 11.1 Å². The average Bonchev–Trinajstić information content (AvgIpc) is 2.19. The van der Waals surface area contributed by atoms with Crippen molar-refractivity contribution in [2.45, 2.75) is 0 Å². The molecule has 0 unspecified atom stereocenters. The highest BCUT2D eigenvalue weighted by atomic mass is 16.1. The summed E-state index contributed by atoms with van der Waals surface area (Å²) in [6, 6.07) is 9.10. The first-order chi connectivity index (χ1) is 5.85. The molecular weight excluding hydrogens is 172 g/mol. The van der Waals surface area contributed by atoms with E-state index < -0.39 is 0 Å². The van der Waals surface area contributed by atoms with Gasteiger partial charge in [-0.3, -0.25) is 16.5 Å². The van der Waals surface area contributed by atoms with Crippen molar-refractivity contribution in [1.29, 1.82) is 0 Å². The number of aldehydes is 1. The van der Waals surface area contributed by atoms with Crippen molar-refractivity contribution in [3.63, 3.8) is 0 Å². The molecule has 1 aromatic rings. The fourth-order valence-corrected chi connectivity index (χ4v) is 0.532. The minimum absolute atomic E-state index is 0. The third-order valence-electron chi connectivity index (χ3n) is 1.02. The van der Waals surface area contributed by atoms with E-state index in [-0.39, 0.29) is 5.48 Å². The SMILES string of the molecule is NNNN.O.O=Cc1ccccc1. The summed E-state index contributed by atoms with van der Waals surface area (Å²) in [5, 5.41) is 0. The topological polar surface area (TPSA) is 125 Å². The van der Waals surface area contributed by atoms with E-state index >= 15 is 0 Å². The maximum Gasteiger partial charge on any atom is 0.150 e. The lowest BCUT2D eigenvalue weighted by Crippen LogP contribution is -2.42. The van der Waals surface area contributed by atoms with E-state index in [1.165, 1.54) is 0 Å². The summed E-state index contributed by atoms with van der Waals surface area (Å²) in [5.41, 5.74) is 4.65. The average molecular weight is 186 g/mol. The number of benzene rings is 1. The zero-order chi connectivity index (χ0) is 9.23. The Kier molecular flexibility index (Phi) is 11.7. The molecule has 0 saturated heterocycles. The first-order valence-corrected chi connectivity index (χ1v) is 3.26. The number of hydrazine groups is 3. The van der Waals surface area contributed by atoms with Crippen LogP contribution in [-0.2, 0) is 0 Å². The van der Waals surface area contributed by atoms with Crippen molar-refractivity contribution in [3.8, 4) is 0 Å². The lowest BCUT2D eigenvalue weighted by Gasteiger charge is -1.82. The molecule has 0 radical (unpaired) electrons. The van der Waals surface area contributed by atoms with Gasteiger partial charge in [0.2, 0.25) is 0 Å². The van der Waals surface area contributed by atoms with Gasteiger partial charge in [-0.2, -0.15) is 11.1 Å². The Labute approximate surface area is 76.1 Å². The molecule has 6 heteroatoms. The van der Waals surface area contributed by atoms with Crippen molar-refractivity contribution in [3.05, 3.63) is 35.9 Å². The van der Waals surface area contributed by atoms with E-state index in [1.807, 2.05) is 29.3 Å². The third-order valence-corrected chi connectivity index (χ3v) is 1.02. The van der Waals surface area contributed by atoms with Crippen LogP contribution in [0.2, 0.25) is 0 Å². The molecule has 74 valence electrons. The predicted molar refractivity (Wildman–Crippen MR) is 50.1 cm³/mol. The number of nitrogens with one attached hydrogen (secondary N) is 2. The molecule has 0 amide bonds. The fraction of sp³-hybridized carbons (Fsp3) is 0. The largest absolute Gasteiger partial charge is 0.412 e. The van der Waals surface area contributed by atoms with Gasteiger partial charge in [-0.1, -0.05) is 30.3 Å². The van der Waals surface area contributed by atoms with Crippen LogP contribution in [0.25, 0.3) is 0 Å². The highest BCUT2D eigenvalue weighted by Crippen LogP contribution is 1.91. The second-order valence-corrected chi connectivity index (χ2v) is 1.82. The minimum atomic E-state index is 0. The Hall–Kier alpha value is -1.31. The maximum absolute atomic E-state index is 10.0. The van der Waals surface area contributed by atoms with Crippen molar-refractivity contribution in [2.75, 3.05) is 0 Å². The van der Waals surface area contributed by atoms with Crippen molar-refractivity contribution in [2.24, 2.45) is 11.7 Å². The summed E-state index contributed by atoms with van der Waals surface area (Å²) in [7, 11) is 0. The molecule has 6 nitrogen and oxygen atoms in total. The van der Waals surface area contributed by atoms with Crippen LogP contribution in [0, 0.1) is 0 Å². The number of nitrogens with two attached hydrogens (primary N) is 2. The predicted octanol–water partition coefficient (Wildman–Crippen LogP) is -1.50. The standard InChI is InChI=1S/C7H6O.H6N4.H2O/c8-6-7-4-2-1-3-5-7;1-3-4-2;/h1-6H;3-4H,1-2H2;1H2. The molecule has 0 aliphatic rings. The number of carbonyl (C=O) groups excluding carboxylic acids is 1. The van der Waals surface area contributed by atoms with Gasteiger partial charge in [0.05, 0.1) is 0 Å². The van der Waals surface area contributed by atoms with E-state index in [0.717, 1.165) is 11.8 Å². The van der Waals surface area contributed by atoms with Gasteiger partial charge < -0.3 is 5.48 Å². The molecule has 0 aliphatic heterocycles. The van der Waals surface area contributed by atoms with Gasteiger partial charge >= 0.3 is 0 Å². The minimum Gasteiger partial charge on any atom is -0.412 e. The Balaban J connectivity index is 0. The summed E-state index contributed by atoms with van der Waals surface area (Å²) >= 11 is 0. The summed E-state index contributed by atoms with van der Waals surface area (Å²) < 4.78 is 0. The zero-order valence-corrected chi connectivity index (χ0v) is 7.03. The fourth-order valence-electron chi connectivity index (χ4n) is 0.532. The van der Waals surface area contributed by atoms with Gasteiger partial charge in [0.25, 0.3) is 0 Å². The van der Waals surface area contributed by atoms with Crippen LogP contribution >= 0.6 is 0 Å². The van der Waals surface area contributed by atoms with Crippen molar-refractivity contribution >= 4 is 6.29 Å². The molecular formula is C7H14N4O2. The van der Waals surface area contributed by atoms with E-state index in [0.29, 0.717) is 0 Å². The smallest absolute Gasteiger partial charge is 0.150 e. The van der Waals surface area contributed by atoms with E-state index in [2.05, 4.69) is 11.7 Å². The lowest BCUT2D eigenvalue weighted by molar-refractivity contribution is 0.112. The number of rotatable bonds is 2. The van der Waals surface area contributed by atoms with Crippen LogP contribution in [-0.4, -0.2) is 11.8 Å². The van der Waals surface area contributed by atoms with Crippen LogP contribution in [0.3, 0.4) is 0 Å². The number of carbonyl (C=O) groups is 1. The molecule has 1 aromatic carbocycles. The van der Waals surface area contributed by atoms with Crippen LogP contribution < -0.4 is 22.8 Å². The molecule has 1 rings (SSSR count). The molecule has 0 aliphatic carbocycles. The molecule has 0 fully saturated rings. The van der Waals surface area contributed by atoms with Gasteiger partial charge in [0, 0.05) is 5.56 Å². The van der Waals surface area contributed by atoms with Gasteiger partial charge in [0.15, 0.2) is 0 Å². The zero-order valence-electron chi connectivity index (χ0n) is 7.03.